The van der Waals surface area contributed by atoms with Gasteiger partial charge in [-0.3, -0.25) is 4.90 Å². The van der Waals surface area contributed by atoms with E-state index >= 15 is 0 Å². The molecule has 0 amide bonds. The first-order chi connectivity index (χ1) is 14.2. The highest BCUT2D eigenvalue weighted by Gasteiger charge is 2.26. The maximum absolute atomic E-state index is 4.90. The van der Waals surface area contributed by atoms with E-state index in [0.717, 1.165) is 61.2 Å². The number of fused-ring (bicyclic) bond motifs is 4. The number of thiophene rings is 1. The number of imidazole rings is 1. The van der Waals surface area contributed by atoms with Crippen molar-refractivity contribution in [1.82, 2.24) is 24.8 Å². The Labute approximate surface area is 173 Å². The van der Waals surface area contributed by atoms with E-state index in [4.69, 9.17) is 15.0 Å². The lowest BCUT2D eigenvalue weighted by Crippen LogP contribution is -2.46. The molecule has 6 rings (SSSR count). The van der Waals surface area contributed by atoms with Crippen LogP contribution in [0.15, 0.2) is 24.3 Å². The summed E-state index contributed by atoms with van der Waals surface area (Å²) in [6.07, 6.45) is 3.66. The number of hydrogen-bond acceptors (Lipinski definition) is 6. The van der Waals surface area contributed by atoms with E-state index in [1.54, 1.807) is 0 Å². The zero-order valence-corrected chi connectivity index (χ0v) is 17.4. The highest BCUT2D eigenvalue weighted by Crippen LogP contribution is 2.40. The fourth-order valence-corrected chi connectivity index (χ4v) is 6.02. The minimum atomic E-state index is 0.870. The summed E-state index contributed by atoms with van der Waals surface area (Å²) in [4.78, 5) is 25.5. The third-order valence-corrected chi connectivity index (χ3v) is 7.33. The van der Waals surface area contributed by atoms with E-state index in [2.05, 4.69) is 33.0 Å². The van der Waals surface area contributed by atoms with Gasteiger partial charge >= 0.3 is 0 Å². The van der Waals surface area contributed by atoms with Crippen LogP contribution < -0.4 is 4.90 Å². The van der Waals surface area contributed by atoms with Crippen molar-refractivity contribution in [2.24, 2.45) is 0 Å². The summed E-state index contributed by atoms with van der Waals surface area (Å²) in [6.45, 7) is 6.93. The molecule has 1 aliphatic carbocycles. The average molecular weight is 405 g/mol. The van der Waals surface area contributed by atoms with Crippen LogP contribution in [0.3, 0.4) is 0 Å². The molecule has 0 atom stereocenters. The van der Waals surface area contributed by atoms with E-state index in [1.165, 1.54) is 39.9 Å². The normalized spacial score (nSPS) is 17.5. The lowest BCUT2D eigenvalue weighted by Gasteiger charge is -2.35. The van der Waals surface area contributed by atoms with Gasteiger partial charge in [-0.05, 0) is 43.9 Å². The summed E-state index contributed by atoms with van der Waals surface area (Å²) in [5.41, 5.74) is 3.68. The second-order valence-corrected chi connectivity index (χ2v) is 9.18. The molecule has 0 saturated carbocycles. The average Bonchev–Trinajstić information content (AvgIpc) is 3.41. The number of nitrogens with one attached hydrogen (secondary N) is 1. The maximum atomic E-state index is 4.90. The van der Waals surface area contributed by atoms with Gasteiger partial charge in [-0.15, -0.1) is 11.3 Å². The monoisotopic (exact) mass is 404 g/mol. The second-order valence-electron chi connectivity index (χ2n) is 8.10. The molecule has 148 valence electrons. The number of anilines is 1. The number of aromatic nitrogens is 4. The number of rotatable bonds is 3. The molecule has 0 bridgehead atoms. The standard InChI is InChI=1S/C22H24N6S/c1-14-23-21(20-15-5-4-8-18(15)29-22(20)24-14)28-11-9-27(10-12-28)13-19-25-16-6-2-3-7-17(16)26-19/h2-3,6-7H,4-5,8-13H2,1H3,(H,25,26). The van der Waals surface area contributed by atoms with Gasteiger partial charge in [0.05, 0.1) is 23.0 Å². The number of piperazine rings is 1. The molecule has 4 aromatic rings. The zero-order valence-electron chi connectivity index (χ0n) is 16.6. The topological polar surface area (TPSA) is 60.9 Å². The number of para-hydroxylation sites is 2. The Balaban J connectivity index is 1.22. The number of H-pyrrole nitrogens is 1. The van der Waals surface area contributed by atoms with Crippen LogP contribution in [0.2, 0.25) is 0 Å². The van der Waals surface area contributed by atoms with Crippen LogP contribution in [0.5, 0.6) is 0 Å². The predicted octanol–water partition coefficient (Wildman–Crippen LogP) is 3.69. The molecule has 7 heteroatoms. The quantitative estimate of drug-likeness (QED) is 0.564. The summed E-state index contributed by atoms with van der Waals surface area (Å²) in [6, 6.07) is 8.24. The molecule has 0 unspecified atom stereocenters. The van der Waals surface area contributed by atoms with Gasteiger partial charge in [0, 0.05) is 31.1 Å². The van der Waals surface area contributed by atoms with Crippen LogP contribution in [-0.2, 0) is 19.4 Å². The summed E-state index contributed by atoms with van der Waals surface area (Å²) < 4.78 is 0. The number of aryl methyl sites for hydroxylation is 3. The van der Waals surface area contributed by atoms with Gasteiger partial charge in [0.25, 0.3) is 0 Å². The van der Waals surface area contributed by atoms with E-state index in [0.29, 0.717) is 0 Å². The molecule has 4 heterocycles. The minimum absolute atomic E-state index is 0.870. The van der Waals surface area contributed by atoms with Gasteiger partial charge in [0.2, 0.25) is 0 Å². The molecule has 1 saturated heterocycles. The van der Waals surface area contributed by atoms with Crippen molar-refractivity contribution in [2.75, 3.05) is 31.1 Å². The van der Waals surface area contributed by atoms with Crippen LogP contribution in [0.4, 0.5) is 5.82 Å². The summed E-state index contributed by atoms with van der Waals surface area (Å²) in [5.74, 6) is 3.10. The lowest BCUT2D eigenvalue weighted by molar-refractivity contribution is 0.244. The van der Waals surface area contributed by atoms with Crippen LogP contribution in [0.1, 0.15) is 28.5 Å². The van der Waals surface area contributed by atoms with Gasteiger partial charge in [-0.1, -0.05) is 12.1 Å². The third kappa shape index (κ3) is 3.00. The van der Waals surface area contributed by atoms with E-state index in [-0.39, 0.29) is 0 Å². The van der Waals surface area contributed by atoms with Crippen molar-refractivity contribution in [3.05, 3.63) is 46.4 Å². The number of aromatic amines is 1. The molecule has 1 fully saturated rings. The third-order valence-electron chi connectivity index (χ3n) is 6.14. The van der Waals surface area contributed by atoms with Gasteiger partial charge < -0.3 is 9.88 Å². The maximum Gasteiger partial charge on any atom is 0.141 e. The number of hydrogen-bond donors (Lipinski definition) is 1. The Morgan fingerprint density at radius 3 is 2.76 bits per heavy atom. The van der Waals surface area contributed by atoms with Crippen molar-refractivity contribution in [3.8, 4) is 0 Å². The molecular weight excluding hydrogens is 380 g/mol. The molecule has 29 heavy (non-hydrogen) atoms. The highest BCUT2D eigenvalue weighted by molar-refractivity contribution is 7.19. The van der Waals surface area contributed by atoms with Gasteiger partial charge in [0.15, 0.2) is 0 Å². The molecule has 6 nitrogen and oxygen atoms in total. The Hall–Kier alpha value is -2.51. The van der Waals surface area contributed by atoms with Crippen LogP contribution in [0, 0.1) is 6.92 Å². The van der Waals surface area contributed by atoms with Crippen molar-refractivity contribution in [2.45, 2.75) is 32.7 Å². The largest absolute Gasteiger partial charge is 0.353 e. The molecule has 1 aromatic carbocycles. The van der Waals surface area contributed by atoms with E-state index < -0.39 is 0 Å². The molecular formula is C22H24N6S. The summed E-state index contributed by atoms with van der Waals surface area (Å²) in [5, 5.41) is 1.33. The first-order valence-corrected chi connectivity index (χ1v) is 11.3. The summed E-state index contributed by atoms with van der Waals surface area (Å²) >= 11 is 1.88. The predicted molar refractivity (Wildman–Crippen MR) is 118 cm³/mol. The number of benzene rings is 1. The molecule has 1 N–H and O–H groups in total. The van der Waals surface area contributed by atoms with Crippen LogP contribution in [0.25, 0.3) is 21.3 Å². The van der Waals surface area contributed by atoms with E-state index in [1.807, 2.05) is 24.3 Å². The Morgan fingerprint density at radius 2 is 1.90 bits per heavy atom. The smallest absolute Gasteiger partial charge is 0.141 e. The lowest BCUT2D eigenvalue weighted by atomic mass is 10.1. The van der Waals surface area contributed by atoms with Gasteiger partial charge in [0.1, 0.15) is 22.3 Å². The Bertz CT molecular complexity index is 1170. The van der Waals surface area contributed by atoms with Crippen LogP contribution >= 0.6 is 11.3 Å². The minimum Gasteiger partial charge on any atom is -0.353 e. The van der Waals surface area contributed by atoms with Crippen molar-refractivity contribution >= 4 is 38.4 Å². The second kappa shape index (κ2) is 6.78. The molecule has 3 aromatic heterocycles. The first kappa shape index (κ1) is 17.4. The van der Waals surface area contributed by atoms with Crippen molar-refractivity contribution in [1.29, 1.82) is 0 Å². The van der Waals surface area contributed by atoms with Crippen molar-refractivity contribution < 1.29 is 0 Å². The Kier molecular flexibility index (Phi) is 4.06. The SMILES string of the molecule is Cc1nc(N2CCN(Cc3nc4ccccc4[nH]3)CC2)c2c3c(sc2n1)CCC3. The molecule has 1 aliphatic heterocycles. The van der Waals surface area contributed by atoms with E-state index in [9.17, 15) is 0 Å². The highest BCUT2D eigenvalue weighted by atomic mass is 32.1. The fourth-order valence-electron chi connectivity index (χ4n) is 4.72. The van der Waals surface area contributed by atoms with Gasteiger partial charge in [-0.25, -0.2) is 15.0 Å². The zero-order chi connectivity index (χ0) is 19.4. The molecule has 0 radical (unpaired) electrons. The number of nitrogens with zero attached hydrogens (tertiary/aromatic N) is 5. The molecule has 0 spiro atoms. The summed E-state index contributed by atoms with van der Waals surface area (Å²) in [7, 11) is 0. The Morgan fingerprint density at radius 1 is 1.03 bits per heavy atom. The first-order valence-electron chi connectivity index (χ1n) is 10.4. The van der Waals surface area contributed by atoms with Gasteiger partial charge in [-0.2, -0.15) is 0 Å². The fraction of sp³-hybridized carbons (Fsp3) is 0.409. The molecule has 2 aliphatic rings. The van der Waals surface area contributed by atoms with Crippen LogP contribution in [-0.4, -0.2) is 51.0 Å². The van der Waals surface area contributed by atoms with Crippen molar-refractivity contribution in [3.63, 3.8) is 0 Å².